The molecule has 3 nitrogen and oxygen atoms in total. The van der Waals surface area contributed by atoms with E-state index in [1.54, 1.807) is 19.1 Å². The van der Waals surface area contributed by atoms with E-state index in [2.05, 4.69) is 5.32 Å². The number of aryl methyl sites for hydroxylation is 1. The van der Waals surface area contributed by atoms with Crippen LogP contribution in [0.5, 0.6) is 5.75 Å². The fraction of sp³-hybridized carbons (Fsp3) is 0.188. The van der Waals surface area contributed by atoms with Crippen LogP contribution in [0, 0.1) is 12.7 Å². The number of carbonyl (C=O) groups is 1. The van der Waals surface area contributed by atoms with Gasteiger partial charge in [-0.2, -0.15) is 0 Å². The number of benzene rings is 2. The van der Waals surface area contributed by atoms with E-state index in [9.17, 15) is 9.18 Å². The predicted octanol–water partition coefficient (Wildman–Crippen LogP) is 2.94. The van der Waals surface area contributed by atoms with Crippen LogP contribution in [0.15, 0.2) is 48.5 Å². The number of hydrogen-bond donors (Lipinski definition) is 1. The number of para-hydroxylation sites is 1. The fourth-order valence-corrected chi connectivity index (χ4v) is 1.77. The number of amides is 1. The van der Waals surface area contributed by atoms with E-state index >= 15 is 0 Å². The van der Waals surface area contributed by atoms with Gasteiger partial charge in [0.05, 0.1) is 12.1 Å². The molecule has 104 valence electrons. The SMILES string of the molecule is Cc1cccc(C(=O)NCCOc2ccccc2)c1F. The van der Waals surface area contributed by atoms with Gasteiger partial charge in [-0.25, -0.2) is 4.39 Å². The summed E-state index contributed by atoms with van der Waals surface area (Å²) in [6.45, 7) is 2.29. The Balaban J connectivity index is 1.82. The normalized spacial score (nSPS) is 10.1. The van der Waals surface area contributed by atoms with Gasteiger partial charge in [-0.15, -0.1) is 0 Å². The quantitative estimate of drug-likeness (QED) is 0.851. The molecule has 0 aromatic heterocycles. The average molecular weight is 273 g/mol. The van der Waals surface area contributed by atoms with Crippen molar-refractivity contribution in [1.29, 1.82) is 0 Å². The van der Waals surface area contributed by atoms with Crippen molar-refractivity contribution in [2.45, 2.75) is 6.92 Å². The van der Waals surface area contributed by atoms with Crippen molar-refractivity contribution in [1.82, 2.24) is 5.32 Å². The molecule has 2 aromatic carbocycles. The third kappa shape index (κ3) is 3.57. The minimum absolute atomic E-state index is 0.0599. The molecular formula is C16H16FNO2. The molecule has 4 heteroatoms. The first-order chi connectivity index (χ1) is 9.68. The summed E-state index contributed by atoms with van der Waals surface area (Å²) < 4.78 is 19.2. The molecule has 0 unspecified atom stereocenters. The minimum atomic E-state index is -0.478. The Hall–Kier alpha value is -2.36. The summed E-state index contributed by atoms with van der Waals surface area (Å²) >= 11 is 0. The summed E-state index contributed by atoms with van der Waals surface area (Å²) in [5, 5.41) is 2.63. The van der Waals surface area contributed by atoms with Gasteiger partial charge in [0.2, 0.25) is 0 Å². The van der Waals surface area contributed by atoms with Gasteiger partial charge in [-0.1, -0.05) is 30.3 Å². The molecule has 0 aliphatic rings. The first-order valence-corrected chi connectivity index (χ1v) is 6.39. The molecule has 1 N–H and O–H groups in total. The van der Waals surface area contributed by atoms with E-state index in [0.717, 1.165) is 5.75 Å². The van der Waals surface area contributed by atoms with Gasteiger partial charge in [0, 0.05) is 0 Å². The number of ether oxygens (including phenoxy) is 1. The lowest BCUT2D eigenvalue weighted by atomic mass is 10.1. The molecule has 0 radical (unpaired) electrons. The monoisotopic (exact) mass is 273 g/mol. The summed E-state index contributed by atoms with van der Waals surface area (Å²) in [4.78, 5) is 11.8. The van der Waals surface area contributed by atoms with Gasteiger partial charge in [-0.05, 0) is 30.7 Å². The zero-order valence-corrected chi connectivity index (χ0v) is 11.2. The highest BCUT2D eigenvalue weighted by molar-refractivity contribution is 5.94. The number of rotatable bonds is 5. The molecule has 2 rings (SSSR count). The second-order valence-electron chi connectivity index (χ2n) is 4.35. The Morgan fingerprint density at radius 2 is 1.90 bits per heavy atom. The van der Waals surface area contributed by atoms with Crippen molar-refractivity contribution in [3.63, 3.8) is 0 Å². The van der Waals surface area contributed by atoms with Gasteiger partial charge in [-0.3, -0.25) is 4.79 Å². The molecule has 2 aromatic rings. The Morgan fingerprint density at radius 1 is 1.15 bits per heavy atom. The molecule has 20 heavy (non-hydrogen) atoms. The highest BCUT2D eigenvalue weighted by atomic mass is 19.1. The Kier molecular flexibility index (Phi) is 4.71. The van der Waals surface area contributed by atoms with E-state index in [1.165, 1.54) is 6.07 Å². The van der Waals surface area contributed by atoms with Crippen molar-refractivity contribution >= 4 is 5.91 Å². The van der Waals surface area contributed by atoms with Crippen LogP contribution in [0.25, 0.3) is 0 Å². The van der Waals surface area contributed by atoms with Crippen LogP contribution in [0.3, 0.4) is 0 Å². The van der Waals surface area contributed by atoms with Crippen molar-refractivity contribution < 1.29 is 13.9 Å². The number of carbonyl (C=O) groups excluding carboxylic acids is 1. The molecule has 0 saturated carbocycles. The molecular weight excluding hydrogens is 257 g/mol. The summed E-state index contributed by atoms with van der Waals surface area (Å²) in [5.41, 5.74) is 0.517. The zero-order valence-electron chi connectivity index (χ0n) is 11.2. The van der Waals surface area contributed by atoms with E-state index in [0.29, 0.717) is 18.7 Å². The third-order valence-electron chi connectivity index (χ3n) is 2.84. The molecule has 0 saturated heterocycles. The van der Waals surface area contributed by atoms with Crippen molar-refractivity contribution in [2.24, 2.45) is 0 Å². The lowest BCUT2D eigenvalue weighted by Gasteiger charge is -2.08. The van der Waals surface area contributed by atoms with Crippen molar-refractivity contribution in [3.05, 3.63) is 65.5 Å². The summed E-state index contributed by atoms with van der Waals surface area (Å²) in [5.74, 6) is -0.166. The maximum Gasteiger partial charge on any atom is 0.254 e. The topological polar surface area (TPSA) is 38.3 Å². The lowest BCUT2D eigenvalue weighted by molar-refractivity contribution is 0.0943. The van der Waals surface area contributed by atoms with E-state index < -0.39 is 11.7 Å². The standard InChI is InChI=1S/C16H16FNO2/c1-12-6-5-9-14(15(12)17)16(19)18-10-11-20-13-7-3-2-4-8-13/h2-9H,10-11H2,1H3,(H,18,19). The average Bonchev–Trinajstić information content (AvgIpc) is 2.47. The summed E-state index contributed by atoms with van der Waals surface area (Å²) in [7, 11) is 0. The van der Waals surface area contributed by atoms with Gasteiger partial charge < -0.3 is 10.1 Å². The molecule has 0 heterocycles. The second-order valence-corrected chi connectivity index (χ2v) is 4.35. The number of hydrogen-bond acceptors (Lipinski definition) is 2. The summed E-state index contributed by atoms with van der Waals surface area (Å²) in [6, 6.07) is 14.1. The molecule has 0 spiro atoms. The molecule has 0 atom stereocenters. The van der Waals surface area contributed by atoms with Crippen molar-refractivity contribution in [3.8, 4) is 5.75 Å². The van der Waals surface area contributed by atoms with Crippen LogP contribution in [0.1, 0.15) is 15.9 Å². The van der Waals surface area contributed by atoms with Crippen LogP contribution in [0.4, 0.5) is 4.39 Å². The summed E-state index contributed by atoms with van der Waals surface area (Å²) in [6.07, 6.45) is 0. The largest absolute Gasteiger partial charge is 0.492 e. The van der Waals surface area contributed by atoms with Crippen LogP contribution >= 0.6 is 0 Å². The number of halogens is 1. The highest BCUT2D eigenvalue weighted by Crippen LogP contribution is 2.11. The van der Waals surface area contributed by atoms with E-state index in [-0.39, 0.29) is 5.56 Å². The molecule has 1 amide bonds. The first kappa shape index (κ1) is 14.1. The van der Waals surface area contributed by atoms with Gasteiger partial charge >= 0.3 is 0 Å². The fourth-order valence-electron chi connectivity index (χ4n) is 1.77. The van der Waals surface area contributed by atoms with E-state index in [1.807, 2.05) is 30.3 Å². The minimum Gasteiger partial charge on any atom is -0.492 e. The van der Waals surface area contributed by atoms with Gasteiger partial charge in [0.25, 0.3) is 5.91 Å². The van der Waals surface area contributed by atoms with Crippen LogP contribution in [-0.4, -0.2) is 19.1 Å². The molecule has 0 aliphatic carbocycles. The first-order valence-electron chi connectivity index (χ1n) is 6.39. The maximum atomic E-state index is 13.7. The van der Waals surface area contributed by atoms with Gasteiger partial charge in [0.1, 0.15) is 18.2 Å². The van der Waals surface area contributed by atoms with Crippen LogP contribution in [0.2, 0.25) is 0 Å². The number of nitrogens with one attached hydrogen (secondary N) is 1. The molecule has 0 fully saturated rings. The van der Waals surface area contributed by atoms with Crippen LogP contribution in [-0.2, 0) is 0 Å². The Morgan fingerprint density at radius 3 is 2.65 bits per heavy atom. The smallest absolute Gasteiger partial charge is 0.254 e. The molecule has 0 bridgehead atoms. The van der Waals surface area contributed by atoms with E-state index in [4.69, 9.17) is 4.74 Å². The molecule has 0 aliphatic heterocycles. The second kappa shape index (κ2) is 6.70. The third-order valence-corrected chi connectivity index (χ3v) is 2.84. The van der Waals surface area contributed by atoms with Crippen molar-refractivity contribution in [2.75, 3.05) is 13.2 Å². The predicted molar refractivity (Wildman–Crippen MR) is 75.4 cm³/mol. The zero-order chi connectivity index (χ0) is 14.4. The van der Waals surface area contributed by atoms with Gasteiger partial charge in [0.15, 0.2) is 0 Å². The Labute approximate surface area is 117 Å². The maximum absolute atomic E-state index is 13.7. The lowest BCUT2D eigenvalue weighted by Crippen LogP contribution is -2.28. The highest BCUT2D eigenvalue weighted by Gasteiger charge is 2.12. The Bertz CT molecular complexity index is 584. The van der Waals surface area contributed by atoms with Crippen LogP contribution < -0.4 is 10.1 Å².